The maximum Gasteiger partial charge on any atom is 0.297 e. The topological polar surface area (TPSA) is 303 Å². The lowest BCUT2D eigenvalue weighted by Crippen LogP contribution is -2.13. The molecule has 5 rings (SSSR count). The van der Waals surface area contributed by atoms with E-state index in [0.29, 0.717) is 11.9 Å². The zero-order chi connectivity index (χ0) is 35.7. The Morgan fingerprint density at radius 3 is 2.06 bits per heavy atom. The van der Waals surface area contributed by atoms with E-state index in [9.17, 15) is 49.1 Å². The summed E-state index contributed by atoms with van der Waals surface area (Å²) in [5.74, 6) is -1.26. The van der Waals surface area contributed by atoms with Gasteiger partial charge in [-0.05, 0) is 42.0 Å². The Labute approximate surface area is 278 Å². The van der Waals surface area contributed by atoms with Crippen LogP contribution in [0, 0.1) is 0 Å². The number of anilines is 4. The lowest BCUT2D eigenvalue weighted by molar-refractivity contribution is 0.311. The second kappa shape index (κ2) is 13.4. The van der Waals surface area contributed by atoms with Crippen molar-refractivity contribution in [1.82, 2.24) is 15.0 Å². The van der Waals surface area contributed by atoms with E-state index in [4.69, 9.17) is 0 Å². The highest BCUT2D eigenvalue weighted by Gasteiger charge is 2.27. The number of azo groups is 1. The molecule has 19 nitrogen and oxygen atoms in total. The van der Waals surface area contributed by atoms with Crippen molar-refractivity contribution in [3.63, 3.8) is 0 Å². The van der Waals surface area contributed by atoms with E-state index in [1.54, 1.807) is 19.1 Å². The lowest BCUT2D eigenvalue weighted by Gasteiger charge is -2.16. The van der Waals surface area contributed by atoms with E-state index < -0.39 is 62.2 Å². The first-order valence-electron chi connectivity index (χ1n) is 13.8. The van der Waals surface area contributed by atoms with E-state index in [1.165, 1.54) is 18.2 Å². The second-order valence-electron chi connectivity index (χ2n) is 10.0. The van der Waals surface area contributed by atoms with Gasteiger partial charge < -0.3 is 26.2 Å². The van der Waals surface area contributed by atoms with Gasteiger partial charge in [0.05, 0.1) is 17.2 Å². The molecule has 0 amide bonds. The first-order valence-corrected chi connectivity index (χ1v) is 18.1. The number of benzene rings is 4. The number of phenols is 1. The van der Waals surface area contributed by atoms with E-state index in [2.05, 4.69) is 41.1 Å². The van der Waals surface area contributed by atoms with Crippen LogP contribution in [0.2, 0.25) is 0 Å². The molecule has 8 N–H and O–H groups in total. The van der Waals surface area contributed by atoms with Crippen LogP contribution in [-0.4, -0.2) is 83.8 Å². The number of rotatable bonds is 12. The highest BCUT2D eigenvalue weighted by Crippen LogP contribution is 2.46. The summed E-state index contributed by atoms with van der Waals surface area (Å²) in [5, 5.41) is 36.3. The predicted octanol–water partition coefficient (Wildman–Crippen LogP) is 3.62. The van der Waals surface area contributed by atoms with Crippen LogP contribution in [0.5, 0.6) is 5.75 Å². The van der Waals surface area contributed by atoms with Crippen LogP contribution >= 0.6 is 0 Å². The number of hydrogen-bond acceptors (Lipinski definition) is 16. The Morgan fingerprint density at radius 1 is 0.755 bits per heavy atom. The zero-order valence-electron chi connectivity index (χ0n) is 25.0. The summed E-state index contributed by atoms with van der Waals surface area (Å²) < 4.78 is 104. The van der Waals surface area contributed by atoms with Gasteiger partial charge in [-0.1, -0.05) is 30.3 Å². The van der Waals surface area contributed by atoms with Crippen molar-refractivity contribution in [1.29, 1.82) is 0 Å². The number of nitrogens with one attached hydrogen (secondary N) is 3. The van der Waals surface area contributed by atoms with Crippen LogP contribution in [0.4, 0.5) is 34.9 Å². The fourth-order valence-corrected chi connectivity index (χ4v) is 6.76. The first kappa shape index (κ1) is 35.2. The Hall–Kier alpha value is -5.10. The third kappa shape index (κ3) is 7.64. The molecule has 0 fully saturated rings. The molecule has 0 unspecified atom stereocenters. The molecule has 1 heterocycles. The van der Waals surface area contributed by atoms with Crippen molar-refractivity contribution < 1.29 is 49.1 Å². The minimum absolute atomic E-state index is 0.0323. The van der Waals surface area contributed by atoms with Crippen molar-refractivity contribution >= 4 is 86.8 Å². The molecule has 22 heteroatoms. The van der Waals surface area contributed by atoms with Gasteiger partial charge in [-0.15, -0.1) is 10.2 Å². The predicted molar refractivity (Wildman–Crippen MR) is 176 cm³/mol. The number of aliphatic hydroxyl groups is 1. The third-order valence-corrected chi connectivity index (χ3v) is 9.33. The van der Waals surface area contributed by atoms with Gasteiger partial charge in [-0.2, -0.15) is 40.2 Å². The summed E-state index contributed by atoms with van der Waals surface area (Å²) in [6.45, 7) is 1.88. The molecule has 0 saturated carbocycles. The summed E-state index contributed by atoms with van der Waals surface area (Å²) in [4.78, 5) is 9.90. The van der Waals surface area contributed by atoms with Gasteiger partial charge in [0.2, 0.25) is 17.8 Å². The number of hydrogen-bond donors (Lipinski definition) is 8. The number of phenolic OH excluding ortho intramolecular Hbond substituents is 1. The van der Waals surface area contributed by atoms with Gasteiger partial charge in [0.25, 0.3) is 30.4 Å². The molecule has 4 aromatic carbocycles. The number of aliphatic hydroxyl groups excluding tert-OH is 1. The van der Waals surface area contributed by atoms with Crippen LogP contribution in [0.3, 0.4) is 0 Å². The normalized spacial score (nSPS) is 12.5. The summed E-state index contributed by atoms with van der Waals surface area (Å²) in [6, 6.07) is 11.1. The van der Waals surface area contributed by atoms with E-state index in [-0.39, 0.29) is 52.8 Å². The van der Waals surface area contributed by atoms with E-state index in [1.807, 2.05) is 0 Å². The summed E-state index contributed by atoms with van der Waals surface area (Å²) in [6.07, 6.45) is 0. The molecule has 258 valence electrons. The monoisotopic (exact) mass is 734 g/mol. The summed E-state index contributed by atoms with van der Waals surface area (Å²) in [7, 11) is -15.2. The largest absolute Gasteiger partial charge is 0.505 e. The van der Waals surface area contributed by atoms with E-state index >= 15 is 0 Å². The average molecular weight is 735 g/mol. The number of fused-ring (bicyclic) bond motifs is 2. The van der Waals surface area contributed by atoms with Crippen molar-refractivity contribution in [3.8, 4) is 5.75 Å². The molecule has 49 heavy (non-hydrogen) atoms. The van der Waals surface area contributed by atoms with Gasteiger partial charge >= 0.3 is 0 Å². The summed E-state index contributed by atoms with van der Waals surface area (Å²) >= 11 is 0. The highest BCUT2D eigenvalue weighted by molar-refractivity contribution is 7.86. The molecule has 0 atom stereocenters. The SMILES string of the molecule is CCNc1nc(NCCO)nc(Nc2cc(S(=O)(=O)O)cc3cc(S(=O)(=O)O)c(N=Nc4ccc5ccccc5c4S(=O)(=O)O)c(O)c23)n1. The van der Waals surface area contributed by atoms with Crippen LogP contribution in [0.25, 0.3) is 21.5 Å². The maximum absolute atomic E-state index is 12.5. The number of aromatic hydroxyl groups is 1. The van der Waals surface area contributed by atoms with Crippen LogP contribution in [0.1, 0.15) is 6.92 Å². The second-order valence-corrected chi connectivity index (χ2v) is 14.2. The fourth-order valence-electron chi connectivity index (χ4n) is 4.72. The van der Waals surface area contributed by atoms with Crippen LogP contribution in [0.15, 0.2) is 79.5 Å². The minimum Gasteiger partial charge on any atom is -0.505 e. The zero-order valence-corrected chi connectivity index (χ0v) is 27.4. The number of nitrogens with zero attached hydrogens (tertiary/aromatic N) is 5. The maximum atomic E-state index is 12.5. The summed E-state index contributed by atoms with van der Waals surface area (Å²) in [5.41, 5.74) is -1.71. The van der Waals surface area contributed by atoms with E-state index in [0.717, 1.165) is 24.3 Å². The van der Waals surface area contributed by atoms with Crippen molar-refractivity contribution in [2.75, 3.05) is 35.6 Å². The quantitative estimate of drug-likeness (QED) is 0.0670. The van der Waals surface area contributed by atoms with Crippen molar-refractivity contribution in [2.45, 2.75) is 21.6 Å². The van der Waals surface area contributed by atoms with Gasteiger partial charge in [-0.3, -0.25) is 13.7 Å². The van der Waals surface area contributed by atoms with Gasteiger partial charge in [0.1, 0.15) is 21.2 Å². The first-order chi connectivity index (χ1) is 23.0. The molecule has 0 spiro atoms. The Balaban J connectivity index is 1.78. The molecule has 5 aromatic rings. The molecule has 0 aliphatic rings. The molecule has 0 aliphatic carbocycles. The third-order valence-electron chi connectivity index (χ3n) is 6.69. The van der Waals surface area contributed by atoms with Crippen LogP contribution in [-0.2, 0) is 30.4 Å². The molecule has 1 aromatic heterocycles. The fraction of sp³-hybridized carbons (Fsp3) is 0.148. The van der Waals surface area contributed by atoms with Gasteiger partial charge in [0.15, 0.2) is 5.75 Å². The van der Waals surface area contributed by atoms with Crippen LogP contribution < -0.4 is 16.0 Å². The Bertz CT molecular complexity index is 2480. The molecular formula is C27H26N8O11S3. The van der Waals surface area contributed by atoms with Crippen molar-refractivity contribution in [2.24, 2.45) is 10.2 Å². The highest BCUT2D eigenvalue weighted by atomic mass is 32.2. The molecule has 0 bridgehead atoms. The Kier molecular flexibility index (Phi) is 9.65. The average Bonchev–Trinajstić information content (AvgIpc) is 3.01. The van der Waals surface area contributed by atoms with Gasteiger partial charge in [-0.25, -0.2) is 0 Å². The Morgan fingerprint density at radius 2 is 1.43 bits per heavy atom. The lowest BCUT2D eigenvalue weighted by atomic mass is 10.1. The van der Waals surface area contributed by atoms with Gasteiger partial charge in [0, 0.05) is 23.9 Å². The standard InChI is InChI=1S/C27H26N8O11S3/c1-2-28-25-31-26(29-9-10-36)33-27(32-25)30-19-13-16(47(38,39)40)11-15-12-20(48(41,42)43)22(23(37)21(15)19)35-34-18-8-7-14-5-3-4-6-17(14)24(18)49(44,45)46/h3-8,11-13,36-37H,2,9-10H2,1H3,(H,38,39,40)(H,41,42,43)(H,44,45,46)(H3,28,29,30,31,32,33). The smallest absolute Gasteiger partial charge is 0.297 e. The van der Waals surface area contributed by atoms with Crippen molar-refractivity contribution in [3.05, 3.63) is 54.6 Å². The molecular weight excluding hydrogens is 709 g/mol. The molecule has 0 radical (unpaired) electrons. The molecule has 0 aliphatic heterocycles. The number of aromatic nitrogens is 3. The minimum atomic E-state index is -5.26. The molecule has 0 saturated heterocycles.